The number of rotatable bonds is 6. The number of aryl methyl sites for hydroxylation is 1. The molecule has 0 amide bonds. The van der Waals surface area contributed by atoms with Gasteiger partial charge in [-0.1, -0.05) is 22.9 Å². The summed E-state index contributed by atoms with van der Waals surface area (Å²) in [6, 6.07) is 1.99. The molecule has 0 radical (unpaired) electrons. The highest BCUT2D eigenvalue weighted by Gasteiger charge is 2.23. The number of nitrogens with one attached hydrogen (secondary N) is 3. The van der Waals surface area contributed by atoms with E-state index in [2.05, 4.69) is 45.9 Å². The van der Waals surface area contributed by atoms with Gasteiger partial charge in [0.15, 0.2) is 0 Å². The Morgan fingerprint density at radius 3 is 2.92 bits per heavy atom. The van der Waals surface area contributed by atoms with Crippen LogP contribution >= 0.6 is 27.5 Å². The van der Waals surface area contributed by atoms with Crippen LogP contribution in [-0.4, -0.2) is 46.8 Å². The van der Waals surface area contributed by atoms with E-state index in [1.54, 1.807) is 23.9 Å². The molecule has 0 aromatic carbocycles. The van der Waals surface area contributed by atoms with Crippen molar-refractivity contribution < 1.29 is 9.90 Å². The zero-order valence-corrected chi connectivity index (χ0v) is 22.2. The maximum atomic E-state index is 13.4. The van der Waals surface area contributed by atoms with Crippen molar-refractivity contribution in [2.75, 3.05) is 5.32 Å². The Morgan fingerprint density at radius 2 is 2.17 bits per heavy atom. The minimum absolute atomic E-state index is 0.0655. The number of carbonyl (C=O) groups excluding carboxylic acids is 1. The van der Waals surface area contributed by atoms with Crippen molar-refractivity contribution in [3.05, 3.63) is 57.3 Å². The summed E-state index contributed by atoms with van der Waals surface area (Å²) in [4.78, 5) is 26.8. The maximum absolute atomic E-state index is 13.4. The van der Waals surface area contributed by atoms with E-state index in [1.165, 1.54) is 6.20 Å². The molecule has 0 aliphatic heterocycles. The molecule has 5 rings (SSSR count). The van der Waals surface area contributed by atoms with Crippen LogP contribution in [0.25, 0.3) is 17.0 Å². The Kier molecular flexibility index (Phi) is 6.31. The molecule has 0 saturated heterocycles. The van der Waals surface area contributed by atoms with Gasteiger partial charge in [-0.05, 0) is 49.5 Å². The summed E-state index contributed by atoms with van der Waals surface area (Å²) in [7, 11) is 0. The lowest BCUT2D eigenvalue weighted by Crippen LogP contribution is -2.32. The normalized spacial score (nSPS) is 13.4. The Labute approximate surface area is 219 Å². The minimum Gasteiger partial charge on any atom is -0.492 e. The molecule has 36 heavy (non-hydrogen) atoms. The summed E-state index contributed by atoms with van der Waals surface area (Å²) in [5.74, 6) is -0.0972. The second-order valence-corrected chi connectivity index (χ2v) is 10.3. The number of fused-ring (bicyclic) bond motifs is 3. The van der Waals surface area contributed by atoms with Crippen LogP contribution in [0.15, 0.2) is 29.1 Å². The molecule has 0 spiro atoms. The van der Waals surface area contributed by atoms with Crippen molar-refractivity contribution >= 4 is 67.0 Å². The van der Waals surface area contributed by atoms with Gasteiger partial charge in [-0.3, -0.25) is 19.8 Å². The van der Waals surface area contributed by atoms with Crippen LogP contribution in [0.2, 0.25) is 0 Å². The Hall–Kier alpha value is -3.64. The summed E-state index contributed by atoms with van der Waals surface area (Å²) >= 11 is 4.55. The average molecular weight is 567 g/mol. The summed E-state index contributed by atoms with van der Waals surface area (Å²) in [5.41, 5.74) is 3.64. The second-order valence-electron chi connectivity index (χ2n) is 8.53. The van der Waals surface area contributed by atoms with Crippen molar-refractivity contribution in [1.29, 1.82) is 5.41 Å². The van der Waals surface area contributed by atoms with Crippen molar-refractivity contribution in [2.24, 2.45) is 0 Å². The summed E-state index contributed by atoms with van der Waals surface area (Å²) < 4.78 is 6.56. The topological polar surface area (TPSA) is 142 Å². The van der Waals surface area contributed by atoms with Gasteiger partial charge in [-0.2, -0.15) is 4.37 Å². The molecular weight excluding hydrogens is 544 g/mol. The lowest BCUT2D eigenvalue weighted by Gasteiger charge is -2.14. The van der Waals surface area contributed by atoms with Crippen molar-refractivity contribution in [3.63, 3.8) is 0 Å². The molecule has 0 saturated carbocycles. The van der Waals surface area contributed by atoms with Gasteiger partial charge >= 0.3 is 0 Å². The average Bonchev–Trinajstić information content (AvgIpc) is 3.54. The molecule has 1 aliphatic rings. The molecule has 4 aromatic rings. The fourth-order valence-electron chi connectivity index (χ4n) is 4.03. The number of pyridine rings is 1. The van der Waals surface area contributed by atoms with Crippen LogP contribution in [0, 0.1) is 12.3 Å². The van der Waals surface area contributed by atoms with Gasteiger partial charge in [-0.15, -0.1) is 0 Å². The molecule has 4 N–H and O–H groups in total. The molecule has 4 heterocycles. The lowest BCUT2D eigenvalue weighted by molar-refractivity contribution is 0.0959. The predicted octanol–water partition coefficient (Wildman–Crippen LogP) is 4.73. The van der Waals surface area contributed by atoms with Gasteiger partial charge in [0.05, 0.1) is 29.3 Å². The Balaban J connectivity index is 1.40. The largest absolute Gasteiger partial charge is 0.492 e. The highest BCUT2D eigenvalue weighted by Crippen LogP contribution is 2.34. The second kappa shape index (κ2) is 9.43. The van der Waals surface area contributed by atoms with E-state index in [1.807, 2.05) is 26.0 Å². The summed E-state index contributed by atoms with van der Waals surface area (Å²) in [6.45, 7) is 5.68. The number of hydrogen-bond donors (Lipinski definition) is 4. The first-order valence-corrected chi connectivity index (χ1v) is 12.9. The Bertz CT molecular complexity index is 1560. The number of aromatic hydroxyl groups is 1. The Morgan fingerprint density at radius 1 is 1.36 bits per heavy atom. The number of nitrogens with zero attached hydrogens (tertiary/aromatic N) is 5. The van der Waals surface area contributed by atoms with E-state index in [0.29, 0.717) is 16.5 Å². The van der Waals surface area contributed by atoms with Gasteiger partial charge in [0, 0.05) is 28.5 Å². The zero-order chi connectivity index (χ0) is 25.6. The zero-order valence-electron chi connectivity index (χ0n) is 19.8. The molecule has 10 nitrogen and oxygen atoms in total. The third-order valence-corrected chi connectivity index (χ3v) is 7.32. The molecule has 1 unspecified atom stereocenters. The van der Waals surface area contributed by atoms with E-state index in [4.69, 9.17) is 5.41 Å². The minimum atomic E-state index is -0.302. The molecule has 12 heteroatoms. The lowest BCUT2D eigenvalue weighted by atomic mass is 10.1. The number of carbonyl (C=O) groups is 1. The molecule has 0 fully saturated rings. The molecule has 1 atom stereocenters. The number of aromatic nitrogens is 5. The summed E-state index contributed by atoms with van der Waals surface area (Å²) in [5, 5.41) is 26.1. The standard InChI is InChI=1S/C24H23BrN8O2S/c1-4-11(2)29-21(26)19-22(34)32-36-23(19)31-18-10-28-20(12(3)30-18)24(35)33-6-5-14-15-7-13(25)8-16(15)27-9-17(14)33/h5-6,8-11H,4,7H2,1-3H3,(H2,26,29)(H,30,31)(H,32,34). The molecule has 0 bridgehead atoms. The van der Waals surface area contributed by atoms with Crippen LogP contribution in [0.3, 0.4) is 0 Å². The highest BCUT2D eigenvalue weighted by molar-refractivity contribution is 9.11. The first kappa shape index (κ1) is 24.1. The SMILES string of the molecule is CCC(C)NC(=N)c1c(O)nsc1Nc1cnc(C(=O)n2ccc3c4c(ncc32)C=C(Br)C4)c(C)n1. The molecule has 1 aliphatic carbocycles. The highest BCUT2D eigenvalue weighted by atomic mass is 79.9. The number of amidine groups is 1. The fraction of sp³-hybridized carbons (Fsp3) is 0.250. The van der Waals surface area contributed by atoms with Gasteiger partial charge in [-0.25, -0.2) is 9.97 Å². The number of anilines is 2. The molecular formula is C24H23BrN8O2S. The smallest absolute Gasteiger partial charge is 0.282 e. The van der Waals surface area contributed by atoms with E-state index in [9.17, 15) is 9.90 Å². The van der Waals surface area contributed by atoms with Crippen LogP contribution < -0.4 is 10.6 Å². The number of hydrogen-bond acceptors (Lipinski definition) is 9. The van der Waals surface area contributed by atoms with Crippen molar-refractivity contribution in [2.45, 2.75) is 39.7 Å². The monoisotopic (exact) mass is 566 g/mol. The van der Waals surface area contributed by atoms with Gasteiger partial charge in [0.25, 0.3) is 5.91 Å². The summed E-state index contributed by atoms with van der Waals surface area (Å²) in [6.07, 6.45) is 8.45. The van der Waals surface area contributed by atoms with Gasteiger partial charge < -0.3 is 15.7 Å². The van der Waals surface area contributed by atoms with Crippen LogP contribution in [0.4, 0.5) is 10.8 Å². The first-order valence-electron chi connectivity index (χ1n) is 11.3. The molecule has 184 valence electrons. The molecule has 4 aromatic heterocycles. The quantitative estimate of drug-likeness (QED) is 0.194. The fourth-order valence-corrected chi connectivity index (χ4v) is 5.23. The van der Waals surface area contributed by atoms with E-state index in [-0.39, 0.29) is 34.9 Å². The van der Waals surface area contributed by atoms with E-state index < -0.39 is 0 Å². The van der Waals surface area contributed by atoms with E-state index in [0.717, 1.165) is 51.0 Å². The number of halogens is 1. The van der Waals surface area contributed by atoms with Crippen molar-refractivity contribution in [3.8, 4) is 5.88 Å². The third kappa shape index (κ3) is 4.26. The predicted molar refractivity (Wildman–Crippen MR) is 144 cm³/mol. The van der Waals surface area contributed by atoms with Gasteiger partial charge in [0.1, 0.15) is 27.9 Å². The van der Waals surface area contributed by atoms with Crippen LogP contribution in [0.1, 0.15) is 53.3 Å². The van der Waals surface area contributed by atoms with Crippen LogP contribution in [-0.2, 0) is 6.42 Å². The third-order valence-electron chi connectivity index (χ3n) is 6.06. The van der Waals surface area contributed by atoms with Gasteiger partial charge in [0.2, 0.25) is 5.88 Å². The number of allylic oxidation sites excluding steroid dienone is 1. The first-order chi connectivity index (χ1) is 17.3. The maximum Gasteiger partial charge on any atom is 0.282 e. The van der Waals surface area contributed by atoms with Crippen molar-refractivity contribution in [1.82, 2.24) is 29.2 Å². The van der Waals surface area contributed by atoms with Crippen LogP contribution in [0.5, 0.6) is 5.88 Å². The van der Waals surface area contributed by atoms with E-state index >= 15 is 0 Å².